The highest BCUT2D eigenvalue weighted by Gasteiger charge is 2.25. The van der Waals surface area contributed by atoms with Crippen molar-refractivity contribution in [3.63, 3.8) is 0 Å². The van der Waals surface area contributed by atoms with Crippen LogP contribution in [-0.4, -0.2) is 15.0 Å². The quantitative estimate of drug-likeness (QED) is 0.672. The maximum absolute atomic E-state index is 12.9. The lowest BCUT2D eigenvalue weighted by atomic mass is 9.93. The third-order valence-corrected chi connectivity index (χ3v) is 4.11. The van der Waals surface area contributed by atoms with Crippen molar-refractivity contribution in [1.82, 2.24) is 0 Å². The highest BCUT2D eigenvalue weighted by atomic mass is 28.1. The first-order valence-electron chi connectivity index (χ1n) is 5.78. The fourth-order valence-electron chi connectivity index (χ4n) is 2.58. The van der Waals surface area contributed by atoms with E-state index in [1.807, 2.05) is 22.0 Å². The zero-order valence-corrected chi connectivity index (χ0v) is 10.9. The van der Waals surface area contributed by atoms with E-state index in [1.54, 1.807) is 12.1 Å². The largest absolute Gasteiger partial charge is 0.207 e. The maximum atomic E-state index is 12.9. The predicted octanol–water partition coefficient (Wildman–Crippen LogP) is 2.51. The Balaban J connectivity index is 2.07. The van der Waals surface area contributed by atoms with Crippen LogP contribution >= 0.6 is 0 Å². The molecule has 0 spiro atoms. The summed E-state index contributed by atoms with van der Waals surface area (Å²) >= 11 is 0. The molecule has 3 rings (SSSR count). The molecule has 0 saturated heterocycles. The fraction of sp³-hybridized carbons (Fsp3) is 0.133. The molecule has 1 aliphatic carbocycles. The summed E-state index contributed by atoms with van der Waals surface area (Å²) in [7, 11) is 1.97. The second-order valence-electron chi connectivity index (χ2n) is 4.50. The molecular formula is C15H13FSi. The van der Waals surface area contributed by atoms with Gasteiger partial charge in [0.15, 0.2) is 0 Å². The molecular weight excluding hydrogens is 227 g/mol. The van der Waals surface area contributed by atoms with Gasteiger partial charge in [-0.15, -0.1) is 0 Å². The summed E-state index contributed by atoms with van der Waals surface area (Å²) in [6.45, 7) is 0. The number of fused-ring (bicyclic) bond motifs is 1. The average molecular weight is 240 g/mol. The number of benzene rings is 2. The number of hydrogen-bond donors (Lipinski definition) is 0. The molecule has 0 fully saturated rings. The Morgan fingerprint density at radius 1 is 1.00 bits per heavy atom. The van der Waals surface area contributed by atoms with E-state index in [-0.39, 0.29) is 5.82 Å². The average Bonchev–Trinajstić information content (AvgIpc) is 2.69. The van der Waals surface area contributed by atoms with E-state index in [0.29, 0.717) is 5.92 Å². The molecule has 0 aliphatic heterocycles. The minimum Gasteiger partial charge on any atom is -0.207 e. The molecule has 0 unspecified atom stereocenters. The van der Waals surface area contributed by atoms with Crippen molar-refractivity contribution in [2.24, 2.45) is 0 Å². The molecule has 2 aromatic rings. The second kappa shape index (κ2) is 4.04. The Bertz CT molecular complexity index is 572. The molecule has 17 heavy (non-hydrogen) atoms. The summed E-state index contributed by atoms with van der Waals surface area (Å²) in [6, 6.07) is 15.4. The Labute approximate surface area is 103 Å². The Kier molecular flexibility index (Phi) is 2.52. The number of rotatable bonds is 1. The smallest absolute Gasteiger partial charge is 0.123 e. The van der Waals surface area contributed by atoms with Gasteiger partial charge in [0.05, 0.1) is 0 Å². The minimum atomic E-state index is -0.164. The predicted molar refractivity (Wildman–Crippen MR) is 72.0 cm³/mol. The molecule has 0 bridgehead atoms. The van der Waals surface area contributed by atoms with Crippen molar-refractivity contribution in [2.75, 3.05) is 0 Å². The Morgan fingerprint density at radius 2 is 1.71 bits per heavy atom. The van der Waals surface area contributed by atoms with Gasteiger partial charge in [-0.1, -0.05) is 41.6 Å². The topological polar surface area (TPSA) is 0 Å². The molecule has 0 heterocycles. The van der Waals surface area contributed by atoms with Crippen LogP contribution in [0.4, 0.5) is 4.39 Å². The maximum Gasteiger partial charge on any atom is 0.123 e. The lowest BCUT2D eigenvalue weighted by Gasteiger charge is -2.11. The van der Waals surface area contributed by atoms with Gasteiger partial charge in [-0.05, 0) is 45.1 Å². The molecule has 2 aromatic carbocycles. The van der Waals surface area contributed by atoms with Crippen molar-refractivity contribution in [2.45, 2.75) is 12.3 Å². The van der Waals surface area contributed by atoms with E-state index in [2.05, 4.69) is 24.3 Å². The normalized spacial score (nSPS) is 18.2. The zero-order valence-electron chi connectivity index (χ0n) is 9.49. The van der Waals surface area contributed by atoms with Crippen LogP contribution in [0.15, 0.2) is 48.5 Å². The molecule has 0 radical (unpaired) electrons. The van der Waals surface area contributed by atoms with Crippen molar-refractivity contribution in [1.29, 1.82) is 0 Å². The molecule has 0 amide bonds. The van der Waals surface area contributed by atoms with Gasteiger partial charge < -0.3 is 0 Å². The van der Waals surface area contributed by atoms with Gasteiger partial charge in [-0.3, -0.25) is 0 Å². The molecule has 0 nitrogen and oxygen atoms in total. The van der Waals surface area contributed by atoms with Crippen LogP contribution < -0.4 is 0 Å². The van der Waals surface area contributed by atoms with Crippen molar-refractivity contribution in [3.05, 3.63) is 71.0 Å². The number of halogens is 1. The summed E-state index contributed by atoms with van der Waals surface area (Å²) in [6.07, 6.45) is 1.06. The van der Waals surface area contributed by atoms with E-state index < -0.39 is 0 Å². The molecule has 0 aromatic heterocycles. The molecule has 1 aliphatic rings. The van der Waals surface area contributed by atoms with Gasteiger partial charge in [0.2, 0.25) is 0 Å². The third kappa shape index (κ3) is 1.78. The van der Waals surface area contributed by atoms with Crippen LogP contribution in [-0.2, 0) is 0 Å². The lowest BCUT2D eigenvalue weighted by Crippen LogP contribution is -1.97. The van der Waals surface area contributed by atoms with Crippen LogP contribution in [0.3, 0.4) is 0 Å². The van der Waals surface area contributed by atoms with E-state index >= 15 is 0 Å². The molecule has 84 valence electrons. The van der Waals surface area contributed by atoms with Gasteiger partial charge >= 0.3 is 0 Å². The van der Waals surface area contributed by atoms with Crippen LogP contribution in [0.5, 0.6) is 0 Å². The second-order valence-corrected chi connectivity index (χ2v) is 5.35. The van der Waals surface area contributed by atoms with Crippen LogP contribution in [0.25, 0.3) is 0 Å². The summed E-state index contributed by atoms with van der Waals surface area (Å²) in [5.41, 5.74) is 3.96. The fourth-order valence-corrected chi connectivity index (χ4v) is 3.19. The molecule has 0 saturated carbocycles. The highest BCUT2D eigenvalue weighted by molar-refractivity contribution is 6.45. The SMILES string of the molecule is Fc1ccc([C@H]2CC(=[SiH2])c3ccccc32)cc1. The summed E-state index contributed by atoms with van der Waals surface area (Å²) in [5.74, 6) is 0.238. The highest BCUT2D eigenvalue weighted by Crippen LogP contribution is 2.37. The lowest BCUT2D eigenvalue weighted by molar-refractivity contribution is 0.626. The monoisotopic (exact) mass is 240 g/mol. The molecule has 1 atom stereocenters. The van der Waals surface area contributed by atoms with E-state index in [0.717, 1.165) is 6.42 Å². The van der Waals surface area contributed by atoms with E-state index in [1.165, 1.54) is 21.9 Å². The van der Waals surface area contributed by atoms with E-state index in [9.17, 15) is 4.39 Å². The van der Waals surface area contributed by atoms with Crippen LogP contribution in [0.1, 0.15) is 29.0 Å². The van der Waals surface area contributed by atoms with Gasteiger partial charge in [0.25, 0.3) is 0 Å². The minimum absolute atomic E-state index is 0.164. The molecule has 0 N–H and O–H groups in total. The van der Waals surface area contributed by atoms with Crippen LogP contribution in [0, 0.1) is 5.82 Å². The van der Waals surface area contributed by atoms with Crippen LogP contribution in [0.2, 0.25) is 0 Å². The first kappa shape index (κ1) is 10.6. The summed E-state index contributed by atoms with van der Waals surface area (Å²) < 4.78 is 12.9. The van der Waals surface area contributed by atoms with Gasteiger partial charge in [0, 0.05) is 5.92 Å². The van der Waals surface area contributed by atoms with Crippen molar-refractivity contribution < 1.29 is 4.39 Å². The van der Waals surface area contributed by atoms with Crippen molar-refractivity contribution in [3.8, 4) is 0 Å². The van der Waals surface area contributed by atoms with E-state index in [4.69, 9.17) is 0 Å². The number of hydrogen-bond acceptors (Lipinski definition) is 0. The van der Waals surface area contributed by atoms with Gasteiger partial charge in [-0.2, -0.15) is 0 Å². The Hall–Kier alpha value is -1.54. The summed E-state index contributed by atoms with van der Waals surface area (Å²) in [4.78, 5) is 0. The first-order valence-corrected chi connectivity index (χ1v) is 6.49. The van der Waals surface area contributed by atoms with Gasteiger partial charge in [-0.25, -0.2) is 4.39 Å². The first-order chi connectivity index (χ1) is 8.25. The standard InChI is InChI=1S/C15H13FSi/c16-11-7-5-10(6-8-11)14-9-15(17)13-4-2-1-3-12(13)14/h1-8,14H,9,17H2/t14-/m1/s1. The summed E-state index contributed by atoms with van der Waals surface area (Å²) in [5, 5.41) is 1.45. The van der Waals surface area contributed by atoms with Crippen molar-refractivity contribution >= 4 is 15.0 Å². The van der Waals surface area contributed by atoms with Gasteiger partial charge in [0.1, 0.15) is 5.82 Å². The molecule has 2 heteroatoms. The zero-order chi connectivity index (χ0) is 11.8. The Morgan fingerprint density at radius 3 is 2.47 bits per heavy atom. The third-order valence-electron chi connectivity index (χ3n) is 3.44.